The van der Waals surface area contributed by atoms with Gasteiger partial charge >= 0.3 is 23.9 Å². The highest BCUT2D eigenvalue weighted by Gasteiger charge is 2.44. The van der Waals surface area contributed by atoms with E-state index in [1.165, 1.54) is 0 Å². The van der Waals surface area contributed by atoms with Gasteiger partial charge in [-0.1, -0.05) is 46.0 Å². The predicted molar refractivity (Wildman–Crippen MR) is 101 cm³/mol. The Morgan fingerprint density at radius 3 is 2.04 bits per heavy atom. The van der Waals surface area contributed by atoms with Gasteiger partial charge < -0.3 is 9.47 Å². The summed E-state index contributed by atoms with van der Waals surface area (Å²) in [5.74, 6) is -2.46. The standard InChI is InChI=1S/C22H28O6/c1-3-5-7-9-14-13(8-6-4-2)12-17-15(19(23)27-21(17)25)10-11-16-18(14)22(26)28-20(16)24/h13-14H,3-12H2,1-2H3/t13-,14-/m0/s1. The first kappa shape index (κ1) is 20.5. The highest BCUT2D eigenvalue weighted by molar-refractivity contribution is 6.14. The molecule has 0 aromatic heterocycles. The van der Waals surface area contributed by atoms with Gasteiger partial charge in [-0.3, -0.25) is 0 Å². The van der Waals surface area contributed by atoms with Gasteiger partial charge in [-0.2, -0.15) is 0 Å². The first-order chi connectivity index (χ1) is 13.5. The van der Waals surface area contributed by atoms with Gasteiger partial charge in [0, 0.05) is 16.7 Å². The molecular weight excluding hydrogens is 360 g/mol. The van der Waals surface area contributed by atoms with E-state index in [1.54, 1.807) is 0 Å². The van der Waals surface area contributed by atoms with Gasteiger partial charge in [0.05, 0.1) is 5.57 Å². The lowest BCUT2D eigenvalue weighted by Crippen LogP contribution is -2.23. The van der Waals surface area contributed by atoms with Crippen LogP contribution in [-0.2, 0) is 28.7 Å². The Balaban J connectivity index is 2.04. The average molecular weight is 388 g/mol. The largest absolute Gasteiger partial charge is 0.386 e. The Morgan fingerprint density at radius 1 is 0.714 bits per heavy atom. The monoisotopic (exact) mass is 388 g/mol. The van der Waals surface area contributed by atoms with Gasteiger partial charge in [0.2, 0.25) is 0 Å². The fraction of sp³-hybridized carbons (Fsp3) is 0.636. The number of hydrogen-bond acceptors (Lipinski definition) is 6. The summed E-state index contributed by atoms with van der Waals surface area (Å²) in [5.41, 5.74) is 1.67. The molecule has 0 aromatic carbocycles. The van der Waals surface area contributed by atoms with Crippen molar-refractivity contribution in [1.29, 1.82) is 0 Å². The molecule has 1 aliphatic carbocycles. The van der Waals surface area contributed by atoms with Crippen molar-refractivity contribution >= 4 is 23.9 Å². The number of hydrogen-bond donors (Lipinski definition) is 0. The van der Waals surface area contributed by atoms with Crippen molar-refractivity contribution in [2.24, 2.45) is 11.8 Å². The van der Waals surface area contributed by atoms with Crippen molar-refractivity contribution in [3.8, 4) is 0 Å². The van der Waals surface area contributed by atoms with Gasteiger partial charge in [0.15, 0.2) is 0 Å². The molecule has 3 rings (SSSR count). The lowest BCUT2D eigenvalue weighted by molar-refractivity contribution is -0.153. The molecule has 0 aromatic rings. The third kappa shape index (κ3) is 3.96. The highest BCUT2D eigenvalue weighted by Crippen LogP contribution is 2.43. The molecule has 6 heteroatoms. The molecule has 0 saturated carbocycles. The minimum atomic E-state index is -0.612. The van der Waals surface area contributed by atoms with Crippen LogP contribution in [0.2, 0.25) is 0 Å². The van der Waals surface area contributed by atoms with Crippen LogP contribution < -0.4 is 0 Å². The van der Waals surface area contributed by atoms with Gasteiger partial charge in [0.1, 0.15) is 0 Å². The third-order valence-electron chi connectivity index (χ3n) is 6.10. The molecule has 0 amide bonds. The molecule has 0 bridgehead atoms. The lowest BCUT2D eigenvalue weighted by Gasteiger charge is -2.27. The third-order valence-corrected chi connectivity index (χ3v) is 6.10. The number of carbonyl (C=O) groups excluding carboxylic acids is 4. The summed E-state index contributed by atoms with van der Waals surface area (Å²) < 4.78 is 9.81. The van der Waals surface area contributed by atoms with Crippen molar-refractivity contribution < 1.29 is 28.7 Å². The maximum atomic E-state index is 12.6. The Labute approximate surface area is 165 Å². The Kier molecular flexibility index (Phi) is 6.47. The highest BCUT2D eigenvalue weighted by atomic mass is 16.6. The fourth-order valence-electron chi connectivity index (χ4n) is 4.61. The van der Waals surface area contributed by atoms with Crippen LogP contribution in [0.25, 0.3) is 0 Å². The topological polar surface area (TPSA) is 86.7 Å². The summed E-state index contributed by atoms with van der Waals surface area (Å²) in [6, 6.07) is 0. The van der Waals surface area contributed by atoms with E-state index in [0.717, 1.165) is 44.9 Å². The summed E-state index contributed by atoms with van der Waals surface area (Å²) in [5, 5.41) is 0. The van der Waals surface area contributed by atoms with E-state index >= 15 is 0 Å². The Morgan fingerprint density at radius 2 is 1.32 bits per heavy atom. The van der Waals surface area contributed by atoms with Crippen LogP contribution >= 0.6 is 0 Å². The lowest BCUT2D eigenvalue weighted by atomic mass is 9.75. The zero-order valence-electron chi connectivity index (χ0n) is 16.7. The zero-order chi connectivity index (χ0) is 20.3. The number of esters is 4. The fourth-order valence-corrected chi connectivity index (χ4v) is 4.61. The molecule has 0 spiro atoms. The van der Waals surface area contributed by atoms with Crippen molar-refractivity contribution in [2.45, 2.75) is 78.1 Å². The smallest absolute Gasteiger partial charge is 0.342 e. The molecule has 2 heterocycles. The molecule has 2 atom stereocenters. The van der Waals surface area contributed by atoms with Crippen molar-refractivity contribution in [3.63, 3.8) is 0 Å². The quantitative estimate of drug-likeness (QED) is 0.373. The first-order valence-electron chi connectivity index (χ1n) is 10.5. The molecule has 28 heavy (non-hydrogen) atoms. The minimum absolute atomic E-state index is 0.00167. The van der Waals surface area contributed by atoms with E-state index in [9.17, 15) is 19.2 Å². The predicted octanol–water partition coefficient (Wildman–Crippen LogP) is 3.93. The molecule has 0 fully saturated rings. The number of rotatable bonds is 7. The Bertz CT molecular complexity index is 757. The molecule has 0 unspecified atom stereocenters. The van der Waals surface area contributed by atoms with Crippen LogP contribution in [-0.4, -0.2) is 23.9 Å². The van der Waals surface area contributed by atoms with Gasteiger partial charge in [-0.05, 0) is 43.9 Å². The van der Waals surface area contributed by atoms with Crippen LogP contribution in [0.4, 0.5) is 0 Å². The second-order valence-corrected chi connectivity index (χ2v) is 7.91. The van der Waals surface area contributed by atoms with Gasteiger partial charge in [0.25, 0.3) is 0 Å². The van der Waals surface area contributed by atoms with Gasteiger partial charge in [-0.25, -0.2) is 19.2 Å². The van der Waals surface area contributed by atoms with Crippen LogP contribution in [0.3, 0.4) is 0 Å². The molecule has 0 N–H and O–H groups in total. The normalized spacial score (nSPS) is 25.2. The molecule has 3 aliphatic rings. The minimum Gasteiger partial charge on any atom is -0.386 e. The summed E-state index contributed by atoms with van der Waals surface area (Å²) in [6.07, 6.45) is 7.43. The van der Waals surface area contributed by atoms with E-state index < -0.39 is 23.9 Å². The SMILES string of the molecule is CCCCC[C@@H]1C2=C(CCC3=C(C[C@@H]1CCCC)C(=O)OC3=O)C(=O)OC2=O. The first-order valence-corrected chi connectivity index (χ1v) is 10.5. The Hall–Kier alpha value is -2.24. The summed E-state index contributed by atoms with van der Waals surface area (Å²) in [7, 11) is 0. The number of ether oxygens (including phenoxy) is 2. The second kappa shape index (κ2) is 8.84. The maximum Gasteiger partial charge on any atom is 0.342 e. The van der Waals surface area contributed by atoms with Crippen LogP contribution in [0.1, 0.15) is 78.1 Å². The van der Waals surface area contributed by atoms with E-state index in [2.05, 4.69) is 13.8 Å². The van der Waals surface area contributed by atoms with E-state index in [0.29, 0.717) is 28.7 Å². The number of carbonyl (C=O) groups is 4. The summed E-state index contributed by atoms with van der Waals surface area (Å²) >= 11 is 0. The average Bonchev–Trinajstić information content (AvgIpc) is 3.10. The van der Waals surface area contributed by atoms with Crippen molar-refractivity contribution in [2.75, 3.05) is 0 Å². The van der Waals surface area contributed by atoms with Crippen LogP contribution in [0, 0.1) is 11.8 Å². The molecule has 6 nitrogen and oxygen atoms in total. The van der Waals surface area contributed by atoms with Crippen LogP contribution in [0.5, 0.6) is 0 Å². The van der Waals surface area contributed by atoms with Crippen molar-refractivity contribution in [1.82, 2.24) is 0 Å². The molecule has 0 saturated heterocycles. The van der Waals surface area contributed by atoms with E-state index in [-0.39, 0.29) is 24.7 Å². The molecule has 2 aliphatic heterocycles. The van der Waals surface area contributed by atoms with E-state index in [1.807, 2.05) is 0 Å². The van der Waals surface area contributed by atoms with Crippen LogP contribution in [0.15, 0.2) is 22.3 Å². The van der Waals surface area contributed by atoms with Gasteiger partial charge in [-0.15, -0.1) is 0 Å². The molecule has 0 radical (unpaired) electrons. The summed E-state index contributed by atoms with van der Waals surface area (Å²) in [6.45, 7) is 4.21. The summed E-state index contributed by atoms with van der Waals surface area (Å²) in [4.78, 5) is 49.3. The zero-order valence-corrected chi connectivity index (χ0v) is 16.7. The number of cyclic esters (lactones) is 4. The van der Waals surface area contributed by atoms with Crippen molar-refractivity contribution in [3.05, 3.63) is 22.3 Å². The maximum absolute atomic E-state index is 12.6. The van der Waals surface area contributed by atoms with E-state index in [4.69, 9.17) is 9.47 Å². The number of unbranched alkanes of at least 4 members (excludes halogenated alkanes) is 3. The second-order valence-electron chi connectivity index (χ2n) is 7.91. The molecule has 152 valence electrons. The molecular formula is C22H28O6.